The Morgan fingerprint density at radius 2 is 1.76 bits per heavy atom. The lowest BCUT2D eigenvalue weighted by Gasteiger charge is -2.13. The number of nitrogens with zero attached hydrogens (tertiary/aromatic N) is 1. The Hall–Kier alpha value is -0.810. The van der Waals surface area contributed by atoms with E-state index >= 15 is 0 Å². The Balaban J connectivity index is 1.90. The van der Waals surface area contributed by atoms with Crippen LogP contribution in [0.5, 0.6) is 0 Å². The molecule has 0 spiro atoms. The summed E-state index contributed by atoms with van der Waals surface area (Å²) < 4.78 is 11.2. The fourth-order valence-electron chi connectivity index (χ4n) is 2.48. The van der Waals surface area contributed by atoms with Crippen molar-refractivity contribution in [3.05, 3.63) is 0 Å². The Morgan fingerprint density at radius 1 is 1.05 bits per heavy atom. The standard InChI is InChI=1S/C16H33N3O2/c1-3-20-13-7-6-11-18-16(17-2)19-12-8-14-21-15-9-4-5-10-15/h15H,3-14H2,1-2H3,(H2,17,18,19). The minimum absolute atomic E-state index is 0.521. The predicted molar refractivity (Wildman–Crippen MR) is 87.9 cm³/mol. The van der Waals surface area contributed by atoms with Crippen LogP contribution in [0.4, 0.5) is 0 Å². The highest BCUT2D eigenvalue weighted by Crippen LogP contribution is 2.20. The Labute approximate surface area is 129 Å². The predicted octanol–water partition coefficient (Wildman–Crippen LogP) is 2.32. The van der Waals surface area contributed by atoms with Crippen LogP contribution in [0.1, 0.15) is 51.9 Å². The fraction of sp³-hybridized carbons (Fsp3) is 0.938. The first kappa shape index (κ1) is 18.2. The molecule has 0 saturated heterocycles. The van der Waals surface area contributed by atoms with Gasteiger partial charge in [0.1, 0.15) is 0 Å². The van der Waals surface area contributed by atoms with Crippen LogP contribution in [-0.2, 0) is 9.47 Å². The number of guanidine groups is 1. The molecule has 5 nitrogen and oxygen atoms in total. The molecule has 5 heteroatoms. The second-order valence-corrected chi connectivity index (χ2v) is 5.46. The zero-order valence-electron chi connectivity index (χ0n) is 13.8. The van der Waals surface area contributed by atoms with Gasteiger partial charge in [0.25, 0.3) is 0 Å². The summed E-state index contributed by atoms with van der Waals surface area (Å²) in [6.45, 7) is 6.38. The first-order chi connectivity index (χ1) is 10.4. The molecule has 0 unspecified atom stereocenters. The second kappa shape index (κ2) is 12.9. The maximum Gasteiger partial charge on any atom is 0.190 e. The molecule has 21 heavy (non-hydrogen) atoms. The minimum atomic E-state index is 0.521. The molecule has 124 valence electrons. The highest BCUT2D eigenvalue weighted by Gasteiger charge is 2.14. The highest BCUT2D eigenvalue weighted by molar-refractivity contribution is 5.79. The number of nitrogens with one attached hydrogen (secondary N) is 2. The first-order valence-electron chi connectivity index (χ1n) is 8.50. The molecular weight excluding hydrogens is 266 g/mol. The lowest BCUT2D eigenvalue weighted by atomic mass is 10.3. The second-order valence-electron chi connectivity index (χ2n) is 5.46. The Bertz CT molecular complexity index is 266. The van der Waals surface area contributed by atoms with Crippen LogP contribution in [0.2, 0.25) is 0 Å². The van der Waals surface area contributed by atoms with E-state index in [0.717, 1.165) is 58.1 Å². The van der Waals surface area contributed by atoms with E-state index in [0.29, 0.717) is 6.10 Å². The van der Waals surface area contributed by atoms with Crippen molar-refractivity contribution in [2.24, 2.45) is 4.99 Å². The maximum atomic E-state index is 5.84. The van der Waals surface area contributed by atoms with Gasteiger partial charge in [-0.15, -0.1) is 0 Å². The van der Waals surface area contributed by atoms with Gasteiger partial charge < -0.3 is 20.1 Å². The lowest BCUT2D eigenvalue weighted by molar-refractivity contribution is 0.0574. The number of aliphatic imine (C=N–C) groups is 1. The van der Waals surface area contributed by atoms with E-state index in [9.17, 15) is 0 Å². The molecule has 1 saturated carbocycles. The van der Waals surface area contributed by atoms with Gasteiger partial charge in [-0.05, 0) is 39.0 Å². The van der Waals surface area contributed by atoms with Gasteiger partial charge in [0.05, 0.1) is 6.10 Å². The summed E-state index contributed by atoms with van der Waals surface area (Å²) in [6, 6.07) is 0. The average molecular weight is 299 g/mol. The average Bonchev–Trinajstić information content (AvgIpc) is 3.01. The van der Waals surface area contributed by atoms with Crippen LogP contribution in [0.15, 0.2) is 4.99 Å². The number of ether oxygens (including phenoxy) is 2. The molecule has 0 atom stereocenters. The van der Waals surface area contributed by atoms with Crippen molar-refractivity contribution < 1.29 is 9.47 Å². The van der Waals surface area contributed by atoms with Crippen LogP contribution in [-0.4, -0.2) is 52.0 Å². The van der Waals surface area contributed by atoms with Gasteiger partial charge in [0, 0.05) is 40.0 Å². The molecule has 1 rings (SSSR count). The summed E-state index contributed by atoms with van der Waals surface area (Å²) >= 11 is 0. The molecule has 0 bridgehead atoms. The van der Waals surface area contributed by atoms with Crippen molar-refractivity contribution in [3.63, 3.8) is 0 Å². The van der Waals surface area contributed by atoms with Crippen LogP contribution < -0.4 is 10.6 Å². The zero-order valence-corrected chi connectivity index (χ0v) is 13.8. The smallest absolute Gasteiger partial charge is 0.190 e. The van der Waals surface area contributed by atoms with Gasteiger partial charge in [-0.3, -0.25) is 4.99 Å². The van der Waals surface area contributed by atoms with Crippen molar-refractivity contribution in [2.45, 2.75) is 58.0 Å². The van der Waals surface area contributed by atoms with Crippen LogP contribution in [0.3, 0.4) is 0 Å². The first-order valence-corrected chi connectivity index (χ1v) is 8.50. The van der Waals surface area contributed by atoms with E-state index in [4.69, 9.17) is 9.47 Å². The van der Waals surface area contributed by atoms with E-state index in [-0.39, 0.29) is 0 Å². The third-order valence-corrected chi connectivity index (χ3v) is 3.70. The molecule has 1 aliphatic rings. The monoisotopic (exact) mass is 299 g/mol. The number of unbranched alkanes of at least 4 members (excludes halogenated alkanes) is 1. The number of hydrogen-bond donors (Lipinski definition) is 2. The summed E-state index contributed by atoms with van der Waals surface area (Å²) in [7, 11) is 1.81. The van der Waals surface area contributed by atoms with Crippen LogP contribution in [0.25, 0.3) is 0 Å². The molecule has 1 aliphatic carbocycles. The molecule has 0 aromatic rings. The molecule has 2 N–H and O–H groups in total. The summed E-state index contributed by atoms with van der Waals surface area (Å²) in [5, 5.41) is 6.65. The van der Waals surface area contributed by atoms with Crippen LogP contribution in [0, 0.1) is 0 Å². The SMILES string of the molecule is CCOCCCCNC(=NC)NCCCOC1CCCC1. The highest BCUT2D eigenvalue weighted by atomic mass is 16.5. The minimum Gasteiger partial charge on any atom is -0.382 e. The largest absolute Gasteiger partial charge is 0.382 e. The van der Waals surface area contributed by atoms with Crippen molar-refractivity contribution in [3.8, 4) is 0 Å². The van der Waals surface area contributed by atoms with Gasteiger partial charge in [-0.2, -0.15) is 0 Å². The van der Waals surface area contributed by atoms with Crippen molar-refractivity contribution in [1.29, 1.82) is 0 Å². The van der Waals surface area contributed by atoms with E-state index in [1.54, 1.807) is 0 Å². The zero-order chi connectivity index (χ0) is 15.2. The summed E-state index contributed by atoms with van der Waals surface area (Å²) in [6.07, 6.45) is 8.91. The maximum absolute atomic E-state index is 5.84. The summed E-state index contributed by atoms with van der Waals surface area (Å²) in [5.41, 5.74) is 0. The lowest BCUT2D eigenvalue weighted by Crippen LogP contribution is -2.38. The van der Waals surface area contributed by atoms with Gasteiger partial charge >= 0.3 is 0 Å². The number of hydrogen-bond acceptors (Lipinski definition) is 3. The van der Waals surface area contributed by atoms with Gasteiger partial charge in [-0.1, -0.05) is 12.8 Å². The van der Waals surface area contributed by atoms with Crippen molar-refractivity contribution in [1.82, 2.24) is 10.6 Å². The third kappa shape index (κ3) is 9.69. The number of rotatable bonds is 11. The summed E-state index contributed by atoms with van der Waals surface area (Å²) in [5.74, 6) is 0.882. The molecule has 0 amide bonds. The molecule has 0 aromatic heterocycles. The summed E-state index contributed by atoms with van der Waals surface area (Å²) in [4.78, 5) is 4.22. The van der Waals surface area contributed by atoms with E-state index in [1.165, 1.54) is 25.7 Å². The molecule has 0 aromatic carbocycles. The normalized spacial score (nSPS) is 16.4. The molecule has 1 fully saturated rings. The van der Waals surface area contributed by atoms with Gasteiger partial charge in [0.15, 0.2) is 5.96 Å². The quantitative estimate of drug-likeness (QED) is 0.349. The van der Waals surface area contributed by atoms with Gasteiger partial charge in [0.2, 0.25) is 0 Å². The van der Waals surface area contributed by atoms with Gasteiger partial charge in [-0.25, -0.2) is 0 Å². The van der Waals surface area contributed by atoms with E-state index < -0.39 is 0 Å². The third-order valence-electron chi connectivity index (χ3n) is 3.70. The van der Waals surface area contributed by atoms with E-state index in [1.807, 2.05) is 14.0 Å². The molecule has 0 heterocycles. The van der Waals surface area contributed by atoms with Crippen molar-refractivity contribution in [2.75, 3.05) is 40.0 Å². The van der Waals surface area contributed by atoms with Crippen LogP contribution >= 0.6 is 0 Å². The Morgan fingerprint density at radius 3 is 2.43 bits per heavy atom. The Kier molecular flexibility index (Phi) is 11.2. The molecular formula is C16H33N3O2. The topological polar surface area (TPSA) is 54.9 Å². The molecule has 0 aliphatic heterocycles. The molecule has 0 radical (unpaired) electrons. The fourth-order valence-corrected chi connectivity index (χ4v) is 2.48. The van der Waals surface area contributed by atoms with E-state index in [2.05, 4.69) is 15.6 Å². The van der Waals surface area contributed by atoms with Crippen molar-refractivity contribution >= 4 is 5.96 Å².